The van der Waals surface area contributed by atoms with Crippen LogP contribution in [0.15, 0.2) is 30.3 Å². The number of carbonyl (C=O) groups is 1. The van der Waals surface area contributed by atoms with Crippen LogP contribution in [0.25, 0.3) is 0 Å². The van der Waals surface area contributed by atoms with Crippen molar-refractivity contribution in [3.05, 3.63) is 35.9 Å². The van der Waals surface area contributed by atoms with Crippen molar-refractivity contribution >= 4 is 21.8 Å². The summed E-state index contributed by atoms with van der Waals surface area (Å²) in [6, 6.07) is 9.08. The zero-order chi connectivity index (χ0) is 14.4. The first-order chi connectivity index (χ1) is 9.65. The van der Waals surface area contributed by atoms with E-state index in [0.717, 1.165) is 25.9 Å². The third-order valence-electron chi connectivity index (χ3n) is 3.72. The number of amides is 1. The molecule has 1 amide bonds. The summed E-state index contributed by atoms with van der Waals surface area (Å²) in [6.45, 7) is 4.82. The van der Waals surface area contributed by atoms with Gasteiger partial charge in [0.25, 0.3) is 5.91 Å². The van der Waals surface area contributed by atoms with Gasteiger partial charge in [-0.25, -0.2) is 5.48 Å². The van der Waals surface area contributed by atoms with Gasteiger partial charge in [0.2, 0.25) is 0 Å². The van der Waals surface area contributed by atoms with Crippen molar-refractivity contribution in [1.82, 2.24) is 10.4 Å². The number of rotatable bonds is 6. The molecule has 110 valence electrons. The Morgan fingerprint density at radius 1 is 1.45 bits per heavy atom. The average Bonchev–Trinajstić information content (AvgIpc) is 2.85. The lowest BCUT2D eigenvalue weighted by atomic mass is 10.1. The Morgan fingerprint density at radius 2 is 2.20 bits per heavy atom. The molecule has 1 fully saturated rings. The van der Waals surface area contributed by atoms with E-state index in [1.165, 1.54) is 6.42 Å². The molecule has 1 N–H and O–H groups in total. The van der Waals surface area contributed by atoms with Crippen LogP contribution in [0.5, 0.6) is 0 Å². The van der Waals surface area contributed by atoms with Crippen LogP contribution in [0, 0.1) is 0 Å². The number of likely N-dealkylation sites (tertiary alicyclic amines) is 1. The van der Waals surface area contributed by atoms with Gasteiger partial charge >= 0.3 is 0 Å². The predicted octanol–water partition coefficient (Wildman–Crippen LogP) is 2.95. The third-order valence-corrected chi connectivity index (χ3v) is 5.02. The van der Waals surface area contributed by atoms with Gasteiger partial charge in [-0.15, -0.1) is 0 Å². The van der Waals surface area contributed by atoms with Crippen molar-refractivity contribution in [2.75, 3.05) is 19.7 Å². The van der Waals surface area contributed by atoms with Gasteiger partial charge in [0.1, 0.15) is 0 Å². The van der Waals surface area contributed by atoms with Gasteiger partial charge in [-0.3, -0.25) is 14.5 Å². The maximum absolute atomic E-state index is 11.8. The second-order valence-corrected chi connectivity index (χ2v) is 6.47. The van der Waals surface area contributed by atoms with Crippen LogP contribution < -0.4 is 5.48 Å². The van der Waals surface area contributed by atoms with Crippen LogP contribution in [0.1, 0.15) is 36.5 Å². The highest BCUT2D eigenvalue weighted by Crippen LogP contribution is 2.37. The number of alkyl halides is 1. The zero-order valence-corrected chi connectivity index (χ0v) is 13.4. The van der Waals surface area contributed by atoms with Crippen LogP contribution in [-0.4, -0.2) is 35.0 Å². The quantitative estimate of drug-likeness (QED) is 0.374. The van der Waals surface area contributed by atoms with Gasteiger partial charge in [0, 0.05) is 12.0 Å². The Morgan fingerprint density at radius 3 is 2.90 bits per heavy atom. The second-order valence-electron chi connectivity index (χ2n) is 5.00. The highest BCUT2D eigenvalue weighted by atomic mass is 79.9. The second kappa shape index (κ2) is 7.20. The van der Waals surface area contributed by atoms with E-state index in [-0.39, 0.29) is 10.4 Å². The van der Waals surface area contributed by atoms with Crippen LogP contribution in [0.2, 0.25) is 0 Å². The molecule has 0 spiro atoms. The Balaban J connectivity index is 1.73. The van der Waals surface area contributed by atoms with Gasteiger partial charge < -0.3 is 0 Å². The summed E-state index contributed by atoms with van der Waals surface area (Å²) in [5.74, 6) is -0.201. The molecule has 1 aromatic rings. The average molecular weight is 341 g/mol. The molecule has 0 bridgehead atoms. The molecule has 1 aromatic carbocycles. The fourth-order valence-electron chi connectivity index (χ4n) is 2.60. The fourth-order valence-corrected chi connectivity index (χ4v) is 3.47. The number of halogens is 1. The Hall–Kier alpha value is -0.910. The molecule has 1 aliphatic rings. The fraction of sp³-hybridized carbons (Fsp3) is 0.533. The highest BCUT2D eigenvalue weighted by Gasteiger charge is 2.37. The monoisotopic (exact) mass is 340 g/mol. The smallest absolute Gasteiger partial charge is 0.274 e. The molecule has 0 saturated carbocycles. The SMILES string of the molecule is CCN1CCCC1(Br)CCONC(=O)c1ccccc1. The third kappa shape index (κ3) is 3.81. The highest BCUT2D eigenvalue weighted by molar-refractivity contribution is 9.10. The van der Waals surface area contributed by atoms with E-state index >= 15 is 0 Å². The lowest BCUT2D eigenvalue weighted by Crippen LogP contribution is -2.39. The van der Waals surface area contributed by atoms with E-state index in [1.807, 2.05) is 18.2 Å². The minimum Gasteiger partial charge on any atom is -0.289 e. The Bertz CT molecular complexity index is 441. The van der Waals surface area contributed by atoms with Crippen LogP contribution in [0.4, 0.5) is 0 Å². The molecule has 1 aliphatic heterocycles. The van der Waals surface area contributed by atoms with Crippen molar-refractivity contribution in [3.63, 3.8) is 0 Å². The minimum absolute atomic E-state index is 0.0270. The normalized spacial score (nSPS) is 22.9. The number of nitrogens with zero attached hydrogens (tertiary/aromatic N) is 1. The first-order valence-electron chi connectivity index (χ1n) is 7.07. The van der Waals surface area contributed by atoms with Crippen molar-refractivity contribution in [3.8, 4) is 0 Å². The molecule has 4 nitrogen and oxygen atoms in total. The standard InChI is InChI=1S/C15H21BrN2O2/c1-2-18-11-6-9-15(18,16)10-12-20-17-14(19)13-7-4-3-5-8-13/h3-5,7-8H,2,6,9-12H2,1H3,(H,17,19). The molecular weight excluding hydrogens is 320 g/mol. The van der Waals surface area contributed by atoms with Crippen molar-refractivity contribution < 1.29 is 9.63 Å². The summed E-state index contributed by atoms with van der Waals surface area (Å²) >= 11 is 3.82. The maximum atomic E-state index is 11.8. The van der Waals surface area contributed by atoms with Gasteiger partial charge in [0.15, 0.2) is 0 Å². The molecule has 1 atom stereocenters. The van der Waals surface area contributed by atoms with Crippen molar-refractivity contribution in [1.29, 1.82) is 0 Å². The van der Waals surface area contributed by atoms with E-state index in [9.17, 15) is 4.79 Å². The maximum Gasteiger partial charge on any atom is 0.274 e. The van der Waals surface area contributed by atoms with Gasteiger partial charge in [-0.05, 0) is 38.1 Å². The summed E-state index contributed by atoms with van der Waals surface area (Å²) in [5.41, 5.74) is 3.10. The van der Waals surface area contributed by atoms with Crippen molar-refractivity contribution in [2.24, 2.45) is 0 Å². The van der Waals surface area contributed by atoms with E-state index < -0.39 is 0 Å². The van der Waals surface area contributed by atoms with E-state index in [2.05, 4.69) is 33.2 Å². The lowest BCUT2D eigenvalue weighted by molar-refractivity contribution is 0.0224. The number of hydrogen-bond donors (Lipinski definition) is 1. The zero-order valence-electron chi connectivity index (χ0n) is 11.8. The van der Waals surface area contributed by atoms with E-state index in [0.29, 0.717) is 12.2 Å². The van der Waals surface area contributed by atoms with Crippen LogP contribution in [0.3, 0.4) is 0 Å². The molecule has 20 heavy (non-hydrogen) atoms. The van der Waals surface area contributed by atoms with E-state index in [4.69, 9.17) is 4.84 Å². The number of nitrogens with one attached hydrogen (secondary N) is 1. The topological polar surface area (TPSA) is 41.6 Å². The van der Waals surface area contributed by atoms with Gasteiger partial charge in [-0.1, -0.05) is 41.1 Å². The first kappa shape index (κ1) is 15.5. The predicted molar refractivity (Wildman–Crippen MR) is 82.6 cm³/mol. The largest absolute Gasteiger partial charge is 0.289 e. The molecule has 1 heterocycles. The van der Waals surface area contributed by atoms with Gasteiger partial charge in [0.05, 0.1) is 11.1 Å². The van der Waals surface area contributed by atoms with E-state index in [1.54, 1.807) is 12.1 Å². The lowest BCUT2D eigenvalue weighted by Gasteiger charge is -2.32. The number of carbonyl (C=O) groups excluding carboxylic acids is 1. The Kier molecular flexibility index (Phi) is 5.57. The molecule has 0 aromatic heterocycles. The summed E-state index contributed by atoms with van der Waals surface area (Å²) < 4.78 is 0.0270. The molecule has 1 saturated heterocycles. The summed E-state index contributed by atoms with van der Waals surface area (Å²) in [6.07, 6.45) is 3.18. The van der Waals surface area contributed by atoms with Crippen LogP contribution >= 0.6 is 15.9 Å². The molecule has 0 aliphatic carbocycles. The minimum atomic E-state index is -0.201. The van der Waals surface area contributed by atoms with Crippen LogP contribution in [-0.2, 0) is 4.84 Å². The Labute approximate surface area is 128 Å². The summed E-state index contributed by atoms with van der Waals surface area (Å²) in [4.78, 5) is 19.5. The summed E-state index contributed by atoms with van der Waals surface area (Å²) in [7, 11) is 0. The summed E-state index contributed by atoms with van der Waals surface area (Å²) in [5, 5.41) is 0. The van der Waals surface area contributed by atoms with Crippen molar-refractivity contribution in [2.45, 2.75) is 30.6 Å². The number of hydroxylamine groups is 1. The first-order valence-corrected chi connectivity index (χ1v) is 7.86. The number of hydrogen-bond acceptors (Lipinski definition) is 3. The molecule has 1 unspecified atom stereocenters. The number of benzene rings is 1. The molecule has 2 rings (SSSR count). The van der Waals surface area contributed by atoms with Gasteiger partial charge in [-0.2, -0.15) is 0 Å². The molecule has 5 heteroatoms. The molecule has 0 radical (unpaired) electrons. The molecular formula is C15H21BrN2O2.